The summed E-state index contributed by atoms with van der Waals surface area (Å²) >= 11 is 46.7. The van der Waals surface area contributed by atoms with Gasteiger partial charge >= 0.3 is 0 Å². The third-order valence-electron chi connectivity index (χ3n) is 12.5. The Morgan fingerprint density at radius 1 is 0.205 bits per heavy atom. The molecule has 0 saturated heterocycles. The summed E-state index contributed by atoms with van der Waals surface area (Å²) in [4.78, 5) is 0. The molecule has 0 spiro atoms. The minimum Gasteiger partial charge on any atom is -0.506 e. The van der Waals surface area contributed by atoms with Crippen LogP contribution in [0, 0.1) is 0 Å². The number of ether oxygens (including phenoxy) is 8. The maximum Gasteiger partial charge on any atom is 0.218 e. The molecule has 0 aromatic rings. The van der Waals surface area contributed by atoms with E-state index in [1.165, 1.54) is 0 Å². The third-order valence-corrected chi connectivity index (χ3v) is 14.3. The molecule has 22 atom stereocenters. The van der Waals surface area contributed by atoms with Crippen LogP contribution in [0.5, 0.6) is 0 Å². The number of hydrogen-bond acceptors (Lipinski definition) is 32. The largest absolute Gasteiger partial charge is 0.506 e. The average molecular weight is 1450 g/mol. The molecule has 0 aromatic carbocycles. The lowest BCUT2D eigenvalue weighted by Gasteiger charge is -2.35. The first kappa shape index (κ1) is 84.2. The monoisotopic (exact) mass is 1450 g/mol. The fraction of sp³-hybridized carbons (Fsp3) is 0.792. The lowest BCUT2D eigenvalue weighted by Crippen LogP contribution is -2.52. The van der Waals surface area contributed by atoms with Crippen molar-refractivity contribution in [1.82, 2.24) is 0 Å². The Kier molecular flexibility index (Phi) is 41.3. The van der Waals surface area contributed by atoms with Crippen molar-refractivity contribution in [3.05, 3.63) is 57.6 Å². The highest BCUT2D eigenvalue weighted by molar-refractivity contribution is 6.19. The number of hydrogen-bond donors (Lipinski definition) is 24. The molecule has 1 aliphatic rings. The van der Waals surface area contributed by atoms with E-state index in [0.29, 0.717) is 0 Å². The Balaban J connectivity index is 4.13. The Labute approximate surface area is 542 Å². The highest BCUT2D eigenvalue weighted by Crippen LogP contribution is 2.29. The fourth-order valence-electron chi connectivity index (χ4n) is 7.62. The molecule has 0 saturated carbocycles. The predicted octanol–water partition coefficient (Wildman–Crippen LogP) is 0.463. The zero-order valence-electron chi connectivity index (χ0n) is 46.0. The second-order valence-corrected chi connectivity index (χ2v) is 21.7. The number of rotatable bonds is 16. The van der Waals surface area contributed by atoms with Gasteiger partial charge in [0, 0.05) is 47.0 Å². The van der Waals surface area contributed by atoms with Gasteiger partial charge in [0.05, 0.1) is 18.3 Å². The zero-order valence-corrected chi connectivity index (χ0v) is 52.1. The Bertz CT molecular complexity index is 2160. The molecule has 0 amide bonds. The van der Waals surface area contributed by atoms with Crippen LogP contribution in [0.15, 0.2) is 57.6 Å². The summed E-state index contributed by atoms with van der Waals surface area (Å²) < 4.78 is 41.7. The molecular formula is C48H78Cl8O32. The van der Waals surface area contributed by atoms with Gasteiger partial charge in [-0.25, -0.2) is 0 Å². The van der Waals surface area contributed by atoms with E-state index in [1.54, 1.807) is 0 Å². The van der Waals surface area contributed by atoms with Gasteiger partial charge in [-0.15, -0.1) is 92.8 Å². The molecule has 518 valence electrons. The fourth-order valence-corrected chi connectivity index (χ4v) is 9.26. The normalized spacial score (nSPS) is 40.5. The van der Waals surface area contributed by atoms with Crippen LogP contribution in [-0.4, -0.2) is 305 Å². The van der Waals surface area contributed by atoms with Gasteiger partial charge in [0.15, 0.2) is 76.5 Å². The van der Waals surface area contributed by atoms with Crippen LogP contribution in [-0.2, 0) is 37.9 Å². The number of alkyl halides is 8. The van der Waals surface area contributed by atoms with Crippen molar-refractivity contribution < 1.29 is 160 Å². The molecule has 0 fully saturated rings. The van der Waals surface area contributed by atoms with E-state index in [1.807, 2.05) is 0 Å². The second-order valence-electron chi connectivity index (χ2n) is 18.7. The average Bonchev–Trinajstić information content (AvgIpc) is 3.29. The van der Waals surface area contributed by atoms with E-state index in [9.17, 15) is 123 Å². The third kappa shape index (κ3) is 25.8. The summed E-state index contributed by atoms with van der Waals surface area (Å²) in [5, 5.41) is 263. The summed E-state index contributed by atoms with van der Waals surface area (Å²) in [5.41, 5.74) is 0. The van der Waals surface area contributed by atoms with Crippen LogP contribution in [0.2, 0.25) is 0 Å². The summed E-state index contributed by atoms with van der Waals surface area (Å²) in [7, 11) is 0. The lowest BCUT2D eigenvalue weighted by molar-refractivity contribution is -0.265. The molecule has 40 heteroatoms. The molecule has 88 heavy (non-hydrogen) atoms. The van der Waals surface area contributed by atoms with Gasteiger partial charge in [-0.1, -0.05) is 0 Å². The SMILES string of the molecule is O/C1=C(\O)C(CCCl)OC(O)/C(O)=C(/O)C(CCCl)OC(O)C(O)C(O)C(CCCl)OC(O)C(O)C(O)C(CCCl)OC(O)/C(O)=C(\O)C(CCCl)OC(O)C(O)C(O)C(CCCl)OC(O)/C(O)=C(\O)C(CCCl)OC(O)/C(O)=C(/O)C(CCCl)OC1O. The Morgan fingerprint density at radius 3 is 0.580 bits per heavy atom. The molecular weight excluding hydrogens is 1370 g/mol. The molecule has 1 heterocycles. The van der Waals surface area contributed by atoms with Gasteiger partial charge < -0.3 is 160 Å². The van der Waals surface area contributed by atoms with E-state index in [2.05, 4.69) is 0 Å². The quantitative estimate of drug-likeness (QED) is 0.0934. The lowest BCUT2D eigenvalue weighted by atomic mass is 10.0. The van der Waals surface area contributed by atoms with Crippen molar-refractivity contribution in [2.45, 2.75) is 187 Å². The minimum absolute atomic E-state index is 0.454. The molecule has 0 radical (unpaired) electrons. The number of aliphatic hydroxyl groups excluding tert-OH is 24. The molecule has 0 aromatic heterocycles. The van der Waals surface area contributed by atoms with Crippen molar-refractivity contribution in [2.75, 3.05) is 47.0 Å². The first-order valence-corrected chi connectivity index (χ1v) is 30.4. The first-order valence-electron chi connectivity index (χ1n) is 26.2. The van der Waals surface area contributed by atoms with Crippen LogP contribution in [0.4, 0.5) is 0 Å². The van der Waals surface area contributed by atoms with Crippen LogP contribution in [0.1, 0.15) is 51.4 Å². The Hall–Kier alpha value is -1.86. The van der Waals surface area contributed by atoms with Crippen molar-refractivity contribution in [2.24, 2.45) is 0 Å². The smallest absolute Gasteiger partial charge is 0.218 e. The number of aliphatic hydroxyl groups is 24. The minimum atomic E-state index is -2.77. The van der Waals surface area contributed by atoms with Crippen molar-refractivity contribution in [3.63, 3.8) is 0 Å². The predicted molar refractivity (Wildman–Crippen MR) is 307 cm³/mol. The van der Waals surface area contributed by atoms with E-state index in [0.717, 1.165) is 0 Å². The molecule has 22 unspecified atom stereocenters. The van der Waals surface area contributed by atoms with Gasteiger partial charge in [0.25, 0.3) is 0 Å². The molecule has 24 N–H and O–H groups in total. The van der Waals surface area contributed by atoms with Gasteiger partial charge in [-0.3, -0.25) is 0 Å². The van der Waals surface area contributed by atoms with Crippen LogP contribution in [0.25, 0.3) is 0 Å². The molecule has 32 nitrogen and oxygen atoms in total. The van der Waals surface area contributed by atoms with Crippen LogP contribution >= 0.6 is 92.8 Å². The van der Waals surface area contributed by atoms with E-state index in [-0.39, 0.29) is 0 Å². The maximum atomic E-state index is 11.1. The second kappa shape index (κ2) is 43.2. The van der Waals surface area contributed by atoms with Gasteiger partial charge in [-0.05, 0) is 51.4 Å². The van der Waals surface area contributed by atoms with Gasteiger partial charge in [0.1, 0.15) is 67.1 Å². The van der Waals surface area contributed by atoms with E-state index < -0.39 is 292 Å². The molecule has 0 aliphatic carbocycles. The molecule has 1 rings (SSSR count). The zero-order chi connectivity index (χ0) is 67.4. The van der Waals surface area contributed by atoms with Gasteiger partial charge in [0.2, 0.25) is 31.5 Å². The summed E-state index contributed by atoms with van der Waals surface area (Å²) in [6.45, 7) is 0. The van der Waals surface area contributed by atoms with Crippen LogP contribution in [0.3, 0.4) is 0 Å². The van der Waals surface area contributed by atoms with Crippen molar-refractivity contribution >= 4 is 92.8 Å². The molecule has 1 aliphatic heterocycles. The topological polar surface area (TPSA) is 559 Å². The highest BCUT2D eigenvalue weighted by atomic mass is 35.5. The maximum absolute atomic E-state index is 11.1. The van der Waals surface area contributed by atoms with E-state index in [4.69, 9.17) is 131 Å². The molecule has 0 bridgehead atoms. The summed E-state index contributed by atoms with van der Waals surface area (Å²) in [6, 6.07) is 0. The Morgan fingerprint density at radius 2 is 0.375 bits per heavy atom. The van der Waals surface area contributed by atoms with E-state index >= 15 is 0 Å². The van der Waals surface area contributed by atoms with Gasteiger partial charge in [-0.2, -0.15) is 0 Å². The summed E-state index contributed by atoms with van der Waals surface area (Å²) in [5.74, 6) is -18.8. The van der Waals surface area contributed by atoms with Crippen LogP contribution < -0.4 is 0 Å². The summed E-state index contributed by atoms with van der Waals surface area (Å²) in [6.07, 6.45) is -57.4. The van der Waals surface area contributed by atoms with Crippen molar-refractivity contribution in [3.8, 4) is 0 Å². The van der Waals surface area contributed by atoms with Crippen molar-refractivity contribution in [1.29, 1.82) is 0 Å². The standard InChI is InChI=1S/C48H78Cl8O32/c49-9-1-17-25(57)33(65)42(74)82-19(3-11-51)27(59)35(67)44(76)84-21(5-13-53)29(61)37(69)46(78)86-23(7-15-55)31(63)39(71)48(80)88-24(8-16-56)32(64)40(72)47(79)87-22(6-14-54)30(62)38(70)45(77)85-20(4-12-52)28(60)36(68)43(75)83-18(2-10-50)26(58)34(66)41(73)81-17/h17-26,30,33-34,38,41-48,57-80H,1-16H2/b35-27-,36-28+,37-29-,39-31-,40-32+. The number of halogens is 8. The highest BCUT2D eigenvalue weighted by Gasteiger charge is 2.43. The first-order chi connectivity index (χ1) is 41.3.